The van der Waals surface area contributed by atoms with Crippen molar-refractivity contribution in [1.82, 2.24) is 9.80 Å². The lowest BCUT2D eigenvalue weighted by atomic mass is 10.5. The summed E-state index contributed by atoms with van der Waals surface area (Å²) in [6, 6.07) is 0.535. The fraction of sp³-hybridized carbons (Fsp3) is 0.800. The maximum absolute atomic E-state index is 11.4. The first-order valence-corrected chi connectivity index (χ1v) is 5.33. The molecular weight excluding hydrogens is 192 g/mol. The monoisotopic (exact) mass is 212 g/mol. The second-order valence-electron chi connectivity index (χ2n) is 3.92. The highest BCUT2D eigenvalue weighted by Gasteiger charge is 2.27. The molecule has 0 heterocycles. The van der Waals surface area contributed by atoms with Crippen LogP contribution in [0.15, 0.2) is 4.99 Å². The molecule has 2 N–H and O–H groups in total. The number of amides is 1. The zero-order valence-corrected chi connectivity index (χ0v) is 9.73. The van der Waals surface area contributed by atoms with Crippen molar-refractivity contribution in [3.63, 3.8) is 0 Å². The molecule has 5 nitrogen and oxygen atoms in total. The Kier molecular flexibility index (Phi) is 3.94. The predicted molar refractivity (Wildman–Crippen MR) is 60.6 cm³/mol. The number of hydrogen-bond donors (Lipinski definition) is 1. The van der Waals surface area contributed by atoms with Crippen molar-refractivity contribution >= 4 is 11.9 Å². The number of rotatable bonds is 4. The van der Waals surface area contributed by atoms with Crippen molar-refractivity contribution < 1.29 is 4.79 Å². The van der Waals surface area contributed by atoms with Gasteiger partial charge in [-0.2, -0.15) is 0 Å². The van der Waals surface area contributed by atoms with Crippen LogP contribution in [0, 0.1) is 0 Å². The normalized spacial score (nSPS) is 16.3. The molecule has 15 heavy (non-hydrogen) atoms. The summed E-state index contributed by atoms with van der Waals surface area (Å²) in [4.78, 5) is 19.1. The summed E-state index contributed by atoms with van der Waals surface area (Å²) < 4.78 is 0. The average Bonchev–Trinajstić information content (AvgIpc) is 3.06. The number of carbonyl (C=O) groups is 1. The summed E-state index contributed by atoms with van der Waals surface area (Å²) in [5, 5.41) is 0. The van der Waals surface area contributed by atoms with Crippen molar-refractivity contribution in [1.29, 1.82) is 0 Å². The van der Waals surface area contributed by atoms with Crippen LogP contribution >= 0.6 is 0 Å². The molecule has 0 aliphatic heterocycles. The van der Waals surface area contributed by atoms with Crippen LogP contribution in [-0.4, -0.2) is 54.9 Å². The summed E-state index contributed by atoms with van der Waals surface area (Å²) in [6.45, 7) is 2.78. The van der Waals surface area contributed by atoms with E-state index in [9.17, 15) is 4.79 Å². The first kappa shape index (κ1) is 11.8. The molecule has 1 rings (SSSR count). The zero-order chi connectivity index (χ0) is 11.4. The van der Waals surface area contributed by atoms with Gasteiger partial charge >= 0.3 is 0 Å². The van der Waals surface area contributed by atoms with Crippen LogP contribution in [0.5, 0.6) is 0 Å². The summed E-state index contributed by atoms with van der Waals surface area (Å²) in [7, 11) is 3.68. The molecule has 1 fully saturated rings. The van der Waals surface area contributed by atoms with Crippen molar-refractivity contribution in [2.75, 3.05) is 27.2 Å². The standard InChI is InChI=1S/C10H20N4O/c1-4-13(2)9(15)7-12-10(11)14(3)8-5-6-8/h8H,4-7H2,1-3H3,(H2,11,12). The van der Waals surface area contributed by atoms with E-state index in [1.807, 2.05) is 18.9 Å². The third kappa shape index (κ3) is 3.42. The van der Waals surface area contributed by atoms with Crippen LogP contribution < -0.4 is 5.73 Å². The molecule has 0 aromatic carbocycles. The lowest BCUT2D eigenvalue weighted by molar-refractivity contribution is -0.128. The number of guanidine groups is 1. The summed E-state index contributed by atoms with van der Waals surface area (Å²) in [5.74, 6) is 0.472. The molecule has 1 amide bonds. The minimum Gasteiger partial charge on any atom is -0.370 e. The molecule has 0 atom stereocenters. The fourth-order valence-electron chi connectivity index (χ4n) is 1.21. The molecule has 0 unspecified atom stereocenters. The van der Waals surface area contributed by atoms with E-state index in [1.54, 1.807) is 11.9 Å². The summed E-state index contributed by atoms with van der Waals surface area (Å²) >= 11 is 0. The zero-order valence-electron chi connectivity index (χ0n) is 9.73. The van der Waals surface area contributed by atoms with Crippen LogP contribution in [0.4, 0.5) is 0 Å². The van der Waals surface area contributed by atoms with Gasteiger partial charge in [0.2, 0.25) is 5.91 Å². The van der Waals surface area contributed by atoms with Crippen LogP contribution in [0.3, 0.4) is 0 Å². The quantitative estimate of drug-likeness (QED) is 0.522. The Morgan fingerprint density at radius 1 is 1.47 bits per heavy atom. The number of aliphatic imine (C=N–C) groups is 1. The van der Waals surface area contributed by atoms with Gasteiger partial charge in [-0.25, -0.2) is 4.99 Å². The van der Waals surface area contributed by atoms with Gasteiger partial charge < -0.3 is 15.5 Å². The Bertz CT molecular complexity index is 260. The Morgan fingerprint density at radius 2 is 2.07 bits per heavy atom. The molecule has 1 aliphatic carbocycles. The third-order valence-electron chi connectivity index (χ3n) is 2.73. The van der Waals surface area contributed by atoms with E-state index in [0.29, 0.717) is 18.5 Å². The van der Waals surface area contributed by atoms with Crippen LogP contribution in [0.25, 0.3) is 0 Å². The molecule has 0 saturated heterocycles. The Morgan fingerprint density at radius 3 is 2.53 bits per heavy atom. The molecule has 0 aromatic rings. The minimum absolute atomic E-state index is 0.00430. The SMILES string of the molecule is CCN(C)C(=O)CN=C(N)N(C)C1CC1. The van der Waals surface area contributed by atoms with Crippen LogP contribution in [-0.2, 0) is 4.79 Å². The van der Waals surface area contributed by atoms with E-state index in [0.717, 1.165) is 0 Å². The van der Waals surface area contributed by atoms with Crippen LogP contribution in [0.1, 0.15) is 19.8 Å². The van der Waals surface area contributed by atoms with Crippen molar-refractivity contribution in [3.8, 4) is 0 Å². The molecule has 5 heteroatoms. The highest BCUT2D eigenvalue weighted by Crippen LogP contribution is 2.24. The Labute approximate surface area is 90.9 Å². The summed E-state index contributed by atoms with van der Waals surface area (Å²) in [6.07, 6.45) is 2.35. The van der Waals surface area contributed by atoms with Gasteiger partial charge in [-0.15, -0.1) is 0 Å². The predicted octanol–water partition coefficient (Wildman–Crippen LogP) is -0.126. The van der Waals surface area contributed by atoms with Gasteiger partial charge in [0.25, 0.3) is 0 Å². The van der Waals surface area contributed by atoms with Gasteiger partial charge in [0.15, 0.2) is 5.96 Å². The molecule has 86 valence electrons. The van der Waals surface area contributed by atoms with Gasteiger partial charge in [-0.1, -0.05) is 0 Å². The molecule has 0 radical (unpaired) electrons. The highest BCUT2D eigenvalue weighted by molar-refractivity contribution is 5.84. The van der Waals surface area contributed by atoms with Crippen molar-refractivity contribution in [3.05, 3.63) is 0 Å². The van der Waals surface area contributed by atoms with Gasteiger partial charge in [-0.3, -0.25) is 4.79 Å². The topological polar surface area (TPSA) is 61.9 Å². The fourth-order valence-corrected chi connectivity index (χ4v) is 1.21. The number of nitrogens with two attached hydrogens (primary N) is 1. The van der Waals surface area contributed by atoms with E-state index in [4.69, 9.17) is 5.73 Å². The first-order valence-electron chi connectivity index (χ1n) is 5.33. The van der Waals surface area contributed by atoms with E-state index in [2.05, 4.69) is 4.99 Å². The number of nitrogens with zero attached hydrogens (tertiary/aromatic N) is 3. The van der Waals surface area contributed by atoms with E-state index in [-0.39, 0.29) is 12.5 Å². The maximum atomic E-state index is 11.4. The van der Waals surface area contributed by atoms with E-state index < -0.39 is 0 Å². The maximum Gasteiger partial charge on any atom is 0.244 e. The average molecular weight is 212 g/mol. The molecule has 1 saturated carbocycles. The molecular formula is C10H20N4O. The van der Waals surface area contributed by atoms with Crippen molar-refractivity contribution in [2.45, 2.75) is 25.8 Å². The van der Waals surface area contributed by atoms with E-state index in [1.165, 1.54) is 12.8 Å². The number of carbonyl (C=O) groups excluding carboxylic acids is 1. The summed E-state index contributed by atoms with van der Waals surface area (Å²) in [5.41, 5.74) is 5.75. The number of hydrogen-bond acceptors (Lipinski definition) is 2. The second-order valence-corrected chi connectivity index (χ2v) is 3.92. The lowest BCUT2D eigenvalue weighted by Gasteiger charge is -2.17. The lowest BCUT2D eigenvalue weighted by Crippen LogP contribution is -2.37. The van der Waals surface area contributed by atoms with Gasteiger partial charge in [0, 0.05) is 26.7 Å². The first-order chi connectivity index (χ1) is 7.06. The van der Waals surface area contributed by atoms with Gasteiger partial charge in [0.1, 0.15) is 6.54 Å². The third-order valence-corrected chi connectivity index (χ3v) is 2.73. The van der Waals surface area contributed by atoms with Gasteiger partial charge in [0.05, 0.1) is 0 Å². The second kappa shape index (κ2) is 5.00. The largest absolute Gasteiger partial charge is 0.370 e. The van der Waals surface area contributed by atoms with Crippen LogP contribution in [0.2, 0.25) is 0 Å². The molecule has 0 bridgehead atoms. The Hall–Kier alpha value is -1.26. The Balaban J connectivity index is 2.38. The smallest absolute Gasteiger partial charge is 0.244 e. The molecule has 1 aliphatic rings. The number of likely N-dealkylation sites (N-methyl/N-ethyl adjacent to an activating group) is 1. The minimum atomic E-state index is 0.00430. The van der Waals surface area contributed by atoms with Gasteiger partial charge in [-0.05, 0) is 19.8 Å². The molecule has 0 spiro atoms. The molecule has 0 aromatic heterocycles. The highest BCUT2D eigenvalue weighted by atomic mass is 16.2. The van der Waals surface area contributed by atoms with E-state index >= 15 is 0 Å². The van der Waals surface area contributed by atoms with Crippen molar-refractivity contribution in [2.24, 2.45) is 10.7 Å².